The van der Waals surface area contributed by atoms with E-state index >= 15 is 0 Å². The number of anilines is 1. The minimum atomic E-state index is -0.0474. The molecule has 0 atom stereocenters. The predicted octanol–water partition coefficient (Wildman–Crippen LogP) is 2.88. The molecular weight excluding hydrogens is 351 g/mol. The van der Waals surface area contributed by atoms with Gasteiger partial charge in [-0.25, -0.2) is 0 Å². The summed E-state index contributed by atoms with van der Waals surface area (Å²) < 4.78 is 1.05. The lowest BCUT2D eigenvalue weighted by Crippen LogP contribution is -2.29. The predicted molar refractivity (Wildman–Crippen MR) is 78.4 cm³/mol. The molecule has 0 saturated heterocycles. The smallest absolute Gasteiger partial charge is 0.238 e. The van der Waals surface area contributed by atoms with Crippen LogP contribution in [0.5, 0.6) is 0 Å². The van der Waals surface area contributed by atoms with E-state index in [-0.39, 0.29) is 5.91 Å². The Labute approximate surface area is 119 Å². The molecule has 0 aromatic heterocycles. The summed E-state index contributed by atoms with van der Waals surface area (Å²) in [7, 11) is 0. The van der Waals surface area contributed by atoms with Gasteiger partial charge in [-0.15, -0.1) is 0 Å². The third-order valence-electron chi connectivity index (χ3n) is 2.62. The Morgan fingerprint density at radius 3 is 2.88 bits per heavy atom. The van der Waals surface area contributed by atoms with Gasteiger partial charge in [-0.1, -0.05) is 11.6 Å². The van der Waals surface area contributed by atoms with Crippen LogP contribution in [0.15, 0.2) is 18.2 Å². The molecule has 0 spiro atoms. The zero-order chi connectivity index (χ0) is 12.3. The van der Waals surface area contributed by atoms with E-state index in [2.05, 4.69) is 33.2 Å². The molecule has 2 rings (SSSR count). The van der Waals surface area contributed by atoms with Crippen LogP contribution < -0.4 is 10.6 Å². The van der Waals surface area contributed by atoms with Crippen molar-refractivity contribution in [1.82, 2.24) is 5.32 Å². The lowest BCUT2D eigenvalue weighted by Gasteiger charge is -2.08. The maximum atomic E-state index is 11.6. The van der Waals surface area contributed by atoms with Crippen LogP contribution in [0.2, 0.25) is 5.02 Å². The van der Waals surface area contributed by atoms with Gasteiger partial charge < -0.3 is 10.6 Å². The number of rotatable bonds is 5. The molecule has 0 unspecified atom stereocenters. The minimum Gasteiger partial charge on any atom is -0.324 e. The molecule has 17 heavy (non-hydrogen) atoms. The molecule has 92 valence electrons. The SMILES string of the molecule is O=C(CNCC1CC1)Nc1ccc(I)cc1Cl. The summed E-state index contributed by atoms with van der Waals surface area (Å²) in [6.45, 7) is 1.28. The standard InChI is InChI=1S/C12H14ClIN2O/c13-10-5-9(14)3-4-11(10)16-12(17)7-15-6-8-1-2-8/h3-5,8,15H,1-2,6-7H2,(H,16,17). The van der Waals surface area contributed by atoms with Gasteiger partial charge in [0.1, 0.15) is 0 Å². The second-order valence-corrected chi connectivity index (χ2v) is 5.90. The monoisotopic (exact) mass is 364 g/mol. The van der Waals surface area contributed by atoms with Gasteiger partial charge in [-0.05, 0) is 66.1 Å². The number of carbonyl (C=O) groups is 1. The Kier molecular flexibility index (Phi) is 4.64. The second kappa shape index (κ2) is 6.02. The normalized spacial score (nSPS) is 14.7. The van der Waals surface area contributed by atoms with Crippen LogP contribution >= 0.6 is 34.2 Å². The molecule has 0 heterocycles. The van der Waals surface area contributed by atoms with Crippen molar-refractivity contribution in [2.75, 3.05) is 18.4 Å². The third kappa shape index (κ3) is 4.44. The minimum absolute atomic E-state index is 0.0474. The van der Waals surface area contributed by atoms with Crippen LogP contribution in [0, 0.1) is 9.49 Å². The van der Waals surface area contributed by atoms with Crippen LogP contribution in [0.4, 0.5) is 5.69 Å². The first-order valence-electron chi connectivity index (χ1n) is 5.61. The molecule has 1 saturated carbocycles. The third-order valence-corrected chi connectivity index (χ3v) is 3.60. The maximum Gasteiger partial charge on any atom is 0.238 e. The van der Waals surface area contributed by atoms with Gasteiger partial charge in [0, 0.05) is 3.57 Å². The van der Waals surface area contributed by atoms with Crippen LogP contribution in [0.3, 0.4) is 0 Å². The number of benzene rings is 1. The van der Waals surface area contributed by atoms with Crippen LogP contribution in [0.25, 0.3) is 0 Å². The summed E-state index contributed by atoms with van der Waals surface area (Å²) in [6.07, 6.45) is 2.58. The van der Waals surface area contributed by atoms with Crippen molar-refractivity contribution in [3.05, 3.63) is 26.8 Å². The summed E-state index contributed by atoms with van der Waals surface area (Å²) in [5.74, 6) is 0.735. The fourth-order valence-electron chi connectivity index (χ4n) is 1.50. The summed E-state index contributed by atoms with van der Waals surface area (Å²) in [5.41, 5.74) is 0.672. The average molecular weight is 365 g/mol. The summed E-state index contributed by atoms with van der Waals surface area (Å²) in [5, 5.41) is 6.51. The van der Waals surface area contributed by atoms with Crippen molar-refractivity contribution in [3.8, 4) is 0 Å². The summed E-state index contributed by atoms with van der Waals surface area (Å²) in [4.78, 5) is 11.6. The number of hydrogen-bond donors (Lipinski definition) is 2. The van der Waals surface area contributed by atoms with Crippen molar-refractivity contribution >= 4 is 45.8 Å². The van der Waals surface area contributed by atoms with Gasteiger partial charge in [-0.3, -0.25) is 4.79 Å². The van der Waals surface area contributed by atoms with Gasteiger partial charge in [0.2, 0.25) is 5.91 Å². The number of carbonyl (C=O) groups excluding carboxylic acids is 1. The topological polar surface area (TPSA) is 41.1 Å². The quantitative estimate of drug-likeness (QED) is 0.789. The first kappa shape index (κ1) is 13.1. The molecule has 1 aromatic rings. The van der Waals surface area contributed by atoms with E-state index in [1.807, 2.05) is 18.2 Å². The Hall–Kier alpha value is -0.330. The first-order valence-corrected chi connectivity index (χ1v) is 7.06. The van der Waals surface area contributed by atoms with E-state index in [0.717, 1.165) is 16.0 Å². The van der Waals surface area contributed by atoms with Crippen LogP contribution in [0.1, 0.15) is 12.8 Å². The highest BCUT2D eigenvalue weighted by molar-refractivity contribution is 14.1. The Bertz CT molecular complexity index is 421. The van der Waals surface area contributed by atoms with Gasteiger partial charge in [0.25, 0.3) is 0 Å². The molecule has 0 radical (unpaired) electrons. The maximum absolute atomic E-state index is 11.6. The number of hydrogen-bond acceptors (Lipinski definition) is 2. The zero-order valence-corrected chi connectivity index (χ0v) is 12.2. The van der Waals surface area contributed by atoms with Crippen molar-refractivity contribution < 1.29 is 4.79 Å². The summed E-state index contributed by atoms with van der Waals surface area (Å²) >= 11 is 8.21. The molecular formula is C12H14ClIN2O. The van der Waals surface area contributed by atoms with E-state index in [4.69, 9.17) is 11.6 Å². The van der Waals surface area contributed by atoms with E-state index in [1.165, 1.54) is 12.8 Å². The van der Waals surface area contributed by atoms with Gasteiger partial charge >= 0.3 is 0 Å². The Balaban J connectivity index is 1.79. The van der Waals surface area contributed by atoms with E-state index < -0.39 is 0 Å². The molecule has 1 aliphatic rings. The fourth-order valence-corrected chi connectivity index (χ4v) is 2.40. The molecule has 2 N–H and O–H groups in total. The molecule has 1 fully saturated rings. The lowest BCUT2D eigenvalue weighted by atomic mass is 10.3. The molecule has 1 aliphatic carbocycles. The first-order chi connectivity index (χ1) is 8.15. The molecule has 5 heteroatoms. The van der Waals surface area contributed by atoms with Crippen molar-refractivity contribution in [2.45, 2.75) is 12.8 Å². The highest BCUT2D eigenvalue weighted by atomic mass is 127. The van der Waals surface area contributed by atoms with Crippen molar-refractivity contribution in [2.24, 2.45) is 5.92 Å². The van der Waals surface area contributed by atoms with Crippen molar-refractivity contribution in [3.63, 3.8) is 0 Å². The Morgan fingerprint density at radius 2 is 2.24 bits per heavy atom. The number of amides is 1. The number of nitrogens with one attached hydrogen (secondary N) is 2. The molecule has 1 amide bonds. The highest BCUT2D eigenvalue weighted by Crippen LogP contribution is 2.27. The van der Waals surface area contributed by atoms with Crippen LogP contribution in [-0.4, -0.2) is 19.0 Å². The molecule has 0 aliphatic heterocycles. The highest BCUT2D eigenvalue weighted by Gasteiger charge is 2.20. The van der Waals surface area contributed by atoms with Crippen LogP contribution in [-0.2, 0) is 4.79 Å². The molecule has 0 bridgehead atoms. The molecule has 3 nitrogen and oxygen atoms in total. The van der Waals surface area contributed by atoms with Crippen molar-refractivity contribution in [1.29, 1.82) is 0 Å². The van der Waals surface area contributed by atoms with E-state index in [0.29, 0.717) is 17.3 Å². The van der Waals surface area contributed by atoms with Gasteiger partial charge in [0.15, 0.2) is 0 Å². The van der Waals surface area contributed by atoms with E-state index in [1.54, 1.807) is 0 Å². The lowest BCUT2D eigenvalue weighted by molar-refractivity contribution is -0.115. The Morgan fingerprint density at radius 1 is 1.47 bits per heavy atom. The van der Waals surface area contributed by atoms with Gasteiger partial charge in [0.05, 0.1) is 17.3 Å². The van der Waals surface area contributed by atoms with E-state index in [9.17, 15) is 4.79 Å². The summed E-state index contributed by atoms with van der Waals surface area (Å²) in [6, 6.07) is 5.57. The zero-order valence-electron chi connectivity index (χ0n) is 9.30. The largest absolute Gasteiger partial charge is 0.324 e. The average Bonchev–Trinajstić information content (AvgIpc) is 3.06. The second-order valence-electron chi connectivity index (χ2n) is 4.25. The number of halogens is 2. The molecule has 1 aromatic carbocycles. The fraction of sp³-hybridized carbons (Fsp3) is 0.417. The van der Waals surface area contributed by atoms with Gasteiger partial charge in [-0.2, -0.15) is 0 Å².